The van der Waals surface area contributed by atoms with Crippen LogP contribution < -0.4 is 14.2 Å². The van der Waals surface area contributed by atoms with Crippen LogP contribution in [0, 0.1) is 5.92 Å². The minimum absolute atomic E-state index is 0.0728. The van der Waals surface area contributed by atoms with Gasteiger partial charge in [0.05, 0.1) is 23.7 Å². The number of hydrogen-bond acceptors (Lipinski definition) is 10. The molecule has 1 aliphatic heterocycles. The predicted octanol–water partition coefficient (Wildman–Crippen LogP) is 6.68. The molecule has 2 aliphatic carbocycles. The van der Waals surface area contributed by atoms with Gasteiger partial charge < -0.3 is 38.3 Å². The van der Waals surface area contributed by atoms with Gasteiger partial charge in [0, 0.05) is 31.9 Å². The van der Waals surface area contributed by atoms with Crippen molar-refractivity contribution in [2.45, 2.75) is 89.7 Å². The Labute approximate surface area is 299 Å². The second-order valence-electron chi connectivity index (χ2n) is 13.3. The molecule has 1 N–H and O–H groups in total. The molecule has 51 heavy (non-hydrogen) atoms. The molecule has 0 aromatic heterocycles. The summed E-state index contributed by atoms with van der Waals surface area (Å²) in [7, 11) is 1.42. The van der Waals surface area contributed by atoms with Crippen LogP contribution in [0.4, 0.5) is 0 Å². The number of fused-ring (bicyclic) bond motifs is 2. The zero-order valence-corrected chi connectivity index (χ0v) is 29.8. The molecule has 1 spiro atoms. The Kier molecular flexibility index (Phi) is 11.9. The fourth-order valence-electron chi connectivity index (χ4n) is 7.42. The Morgan fingerprint density at radius 1 is 1.00 bits per heavy atom. The summed E-state index contributed by atoms with van der Waals surface area (Å²) in [6.45, 7) is 6.42. The number of Topliss-reactive ketones (excluding diaryl/α,β-unsaturated/α-hetero) is 2. The number of carbonyl (C=O) groups excluding carboxylic acids is 2. The molecule has 1 saturated heterocycles. The third-order valence-corrected chi connectivity index (χ3v) is 9.88. The van der Waals surface area contributed by atoms with Crippen LogP contribution in [0.3, 0.4) is 0 Å². The predicted molar refractivity (Wildman–Crippen MR) is 191 cm³/mol. The lowest BCUT2D eigenvalue weighted by Crippen LogP contribution is -2.50. The molecule has 3 aromatic carbocycles. The smallest absolute Gasteiger partial charge is 0.195 e. The van der Waals surface area contributed by atoms with E-state index in [1.165, 1.54) is 7.11 Å². The minimum Gasteiger partial charge on any atom is -0.489 e. The number of aliphatic hydroxyl groups is 1. The average molecular weight is 701 g/mol. The van der Waals surface area contributed by atoms with Crippen LogP contribution in [-0.4, -0.2) is 74.0 Å². The molecule has 3 aromatic rings. The van der Waals surface area contributed by atoms with Gasteiger partial charge in [0.2, 0.25) is 0 Å². The van der Waals surface area contributed by atoms with Crippen LogP contribution >= 0.6 is 0 Å². The largest absolute Gasteiger partial charge is 0.489 e. The SMILES string of the molecule is C/C=C/COc1cc(OCOCc2ccccc2)c2c(OC/C=C/C)c3c(cc2c1)CC([C@H](OC)C(=O)[C@H]1OC2(CCCC2)O[C@@H]1C)[C@H](O)C3=O. The summed E-state index contributed by atoms with van der Waals surface area (Å²) >= 11 is 0. The van der Waals surface area contributed by atoms with Crippen LogP contribution in [0.15, 0.2) is 72.8 Å². The maximum absolute atomic E-state index is 14.3. The summed E-state index contributed by atoms with van der Waals surface area (Å²) < 4.78 is 42.7. The van der Waals surface area contributed by atoms with Crippen molar-refractivity contribution in [1.82, 2.24) is 0 Å². The summed E-state index contributed by atoms with van der Waals surface area (Å²) in [6, 6.07) is 15.3. The van der Waals surface area contributed by atoms with Gasteiger partial charge in [0.1, 0.15) is 48.8 Å². The molecule has 1 unspecified atom stereocenters. The van der Waals surface area contributed by atoms with E-state index in [1.807, 2.05) is 87.5 Å². The molecule has 10 nitrogen and oxygen atoms in total. The number of hydrogen-bond donors (Lipinski definition) is 1. The molecule has 3 aliphatic rings. The first kappa shape index (κ1) is 36.7. The van der Waals surface area contributed by atoms with E-state index >= 15 is 0 Å². The number of carbonyl (C=O) groups is 2. The molecule has 2 fully saturated rings. The average Bonchev–Trinajstić information content (AvgIpc) is 3.73. The molecular formula is C41H48O10. The number of ketones is 2. The number of rotatable bonds is 15. The second kappa shape index (κ2) is 16.5. The van der Waals surface area contributed by atoms with Crippen molar-refractivity contribution in [3.63, 3.8) is 0 Å². The van der Waals surface area contributed by atoms with Crippen LogP contribution in [0.2, 0.25) is 0 Å². The van der Waals surface area contributed by atoms with Crippen molar-refractivity contribution < 1.29 is 47.9 Å². The van der Waals surface area contributed by atoms with Gasteiger partial charge in [-0.1, -0.05) is 54.6 Å². The quantitative estimate of drug-likeness (QED) is 0.105. The lowest BCUT2D eigenvalue weighted by molar-refractivity contribution is -0.176. The fraction of sp³-hybridized carbons (Fsp3) is 0.463. The summed E-state index contributed by atoms with van der Waals surface area (Å²) in [6.07, 6.45) is 7.06. The molecule has 0 bridgehead atoms. The number of ether oxygens (including phenoxy) is 7. The van der Waals surface area contributed by atoms with Gasteiger partial charge in [-0.3, -0.25) is 9.59 Å². The normalized spacial score (nSPS) is 23.4. The topological polar surface area (TPSA) is 119 Å². The molecule has 1 heterocycles. The van der Waals surface area contributed by atoms with Crippen molar-refractivity contribution in [2.24, 2.45) is 5.92 Å². The first-order valence-electron chi connectivity index (χ1n) is 17.8. The number of methoxy groups -OCH3 is 1. The van der Waals surface area contributed by atoms with E-state index in [0.717, 1.165) is 31.2 Å². The van der Waals surface area contributed by atoms with Gasteiger partial charge in [0.25, 0.3) is 0 Å². The van der Waals surface area contributed by atoms with E-state index in [2.05, 4.69) is 0 Å². The zero-order chi connectivity index (χ0) is 36.0. The van der Waals surface area contributed by atoms with E-state index in [-0.39, 0.29) is 36.9 Å². The van der Waals surface area contributed by atoms with Gasteiger partial charge in [-0.15, -0.1) is 0 Å². The Bertz CT molecular complexity index is 1740. The minimum atomic E-state index is -1.53. The van der Waals surface area contributed by atoms with E-state index in [4.69, 9.17) is 33.2 Å². The Morgan fingerprint density at radius 3 is 2.43 bits per heavy atom. The van der Waals surface area contributed by atoms with E-state index < -0.39 is 41.9 Å². The fourth-order valence-corrected chi connectivity index (χ4v) is 7.42. The molecule has 0 radical (unpaired) electrons. The number of allylic oxidation sites excluding steroid dienone is 2. The Balaban J connectivity index is 1.36. The van der Waals surface area contributed by atoms with Crippen LogP contribution in [-0.2, 0) is 36.8 Å². The van der Waals surface area contributed by atoms with Gasteiger partial charge >= 0.3 is 0 Å². The van der Waals surface area contributed by atoms with Crippen molar-refractivity contribution in [3.8, 4) is 17.2 Å². The summed E-state index contributed by atoms with van der Waals surface area (Å²) in [5.74, 6) is -1.29. The van der Waals surface area contributed by atoms with Gasteiger partial charge in [-0.25, -0.2) is 0 Å². The van der Waals surface area contributed by atoms with Crippen LogP contribution in [0.5, 0.6) is 17.2 Å². The maximum Gasteiger partial charge on any atom is 0.195 e. The van der Waals surface area contributed by atoms with Crippen molar-refractivity contribution >= 4 is 22.3 Å². The zero-order valence-electron chi connectivity index (χ0n) is 29.8. The van der Waals surface area contributed by atoms with Gasteiger partial charge in [0.15, 0.2) is 24.1 Å². The molecular weight excluding hydrogens is 652 g/mol. The highest BCUT2D eigenvalue weighted by atomic mass is 16.8. The molecule has 10 heteroatoms. The van der Waals surface area contributed by atoms with E-state index in [9.17, 15) is 14.7 Å². The lowest BCUT2D eigenvalue weighted by atomic mass is 9.75. The van der Waals surface area contributed by atoms with Crippen LogP contribution in [0.25, 0.3) is 10.8 Å². The van der Waals surface area contributed by atoms with Crippen LogP contribution in [0.1, 0.15) is 67.9 Å². The van der Waals surface area contributed by atoms with Crippen molar-refractivity contribution in [2.75, 3.05) is 27.1 Å². The standard InChI is InChI=1S/C41H48O10/c1-5-7-18-47-30-21-28-20-29-22-31(39(45-4)37(44)38-26(3)50-41(51-38)16-12-13-17-41)35(42)36(43)34(29)40(48-19-8-6-2)33(28)32(23-30)49-25-46-24-27-14-10-9-11-15-27/h5-11,14-15,20-21,23,26,31,35,38-39,42H,12-13,16-19,22,24-25H2,1-4H3/b7-5+,8-6+/t26-,31?,35+,38+,39+/m1/s1. The van der Waals surface area contributed by atoms with E-state index in [0.29, 0.717) is 41.0 Å². The highest BCUT2D eigenvalue weighted by Gasteiger charge is 2.53. The number of benzene rings is 3. The van der Waals surface area contributed by atoms with Gasteiger partial charge in [-0.05, 0) is 68.7 Å². The maximum atomic E-state index is 14.3. The monoisotopic (exact) mass is 700 g/mol. The third-order valence-electron chi connectivity index (χ3n) is 9.88. The summed E-state index contributed by atoms with van der Waals surface area (Å²) in [5.41, 5.74) is 1.86. The first-order valence-corrected chi connectivity index (χ1v) is 17.8. The third kappa shape index (κ3) is 7.90. The highest BCUT2D eigenvalue weighted by Crippen LogP contribution is 2.46. The summed E-state index contributed by atoms with van der Waals surface area (Å²) in [4.78, 5) is 28.3. The summed E-state index contributed by atoms with van der Waals surface area (Å²) in [5, 5.41) is 12.9. The van der Waals surface area contributed by atoms with E-state index in [1.54, 1.807) is 6.07 Å². The molecule has 6 rings (SSSR count). The molecule has 1 saturated carbocycles. The first-order chi connectivity index (χ1) is 24.8. The van der Waals surface area contributed by atoms with Crippen molar-refractivity contribution in [1.29, 1.82) is 0 Å². The second-order valence-corrected chi connectivity index (χ2v) is 13.3. The van der Waals surface area contributed by atoms with Crippen molar-refractivity contribution in [3.05, 3.63) is 89.5 Å². The Hall–Kier alpha value is -4.06. The molecule has 5 atom stereocenters. The Morgan fingerprint density at radius 2 is 1.73 bits per heavy atom. The number of aliphatic hydroxyl groups excluding tert-OH is 1. The highest BCUT2D eigenvalue weighted by molar-refractivity contribution is 6.11. The molecule has 0 amide bonds. The van der Waals surface area contributed by atoms with Gasteiger partial charge in [-0.2, -0.15) is 0 Å². The molecule has 272 valence electrons. The lowest BCUT2D eigenvalue weighted by Gasteiger charge is -2.35.